The Labute approximate surface area is 76.3 Å². The maximum absolute atomic E-state index is 10.6. The molecule has 1 atom stereocenters. The van der Waals surface area contributed by atoms with E-state index in [-0.39, 0.29) is 6.04 Å². The predicted octanol–water partition coefficient (Wildman–Crippen LogP) is 0.383. The third kappa shape index (κ3) is 2.02. The Morgan fingerprint density at radius 2 is 2.42 bits per heavy atom. The molecule has 0 spiro atoms. The first-order chi connectivity index (χ1) is 5.61. The Morgan fingerprint density at radius 3 is 2.83 bits per heavy atom. The second kappa shape index (κ2) is 3.64. The standard InChI is InChI=1S/C7H11N3OS/c8-7(11)10(9)5-1-3-6(12)4-2-5/h1,3-5,12H,2,9H2,(H2,8,11)/t5-/m1/s1. The predicted molar refractivity (Wildman–Crippen MR) is 50.2 cm³/mol. The first-order valence-electron chi connectivity index (χ1n) is 3.52. The van der Waals surface area contributed by atoms with Gasteiger partial charge in [0, 0.05) is 0 Å². The molecule has 0 unspecified atom stereocenters. The lowest BCUT2D eigenvalue weighted by atomic mass is 10.1. The summed E-state index contributed by atoms with van der Waals surface area (Å²) in [5.74, 6) is 5.39. The van der Waals surface area contributed by atoms with Crippen molar-refractivity contribution in [3.05, 3.63) is 23.1 Å². The van der Waals surface area contributed by atoms with Gasteiger partial charge in [0.25, 0.3) is 0 Å². The lowest BCUT2D eigenvalue weighted by Crippen LogP contribution is -2.47. The number of carbonyl (C=O) groups excluding carboxylic acids is 1. The van der Waals surface area contributed by atoms with E-state index in [0.717, 1.165) is 9.91 Å². The van der Waals surface area contributed by atoms with Gasteiger partial charge in [-0.25, -0.2) is 10.6 Å². The second-order valence-electron chi connectivity index (χ2n) is 2.54. The van der Waals surface area contributed by atoms with Gasteiger partial charge >= 0.3 is 6.03 Å². The highest BCUT2D eigenvalue weighted by Crippen LogP contribution is 2.15. The molecule has 2 amide bonds. The van der Waals surface area contributed by atoms with Gasteiger partial charge in [0.1, 0.15) is 0 Å². The zero-order valence-electron chi connectivity index (χ0n) is 6.47. The first kappa shape index (κ1) is 9.15. The molecule has 5 heteroatoms. The fourth-order valence-corrected chi connectivity index (χ4v) is 1.16. The van der Waals surface area contributed by atoms with E-state index < -0.39 is 6.03 Å². The fourth-order valence-electron chi connectivity index (χ4n) is 0.967. The van der Waals surface area contributed by atoms with E-state index in [1.165, 1.54) is 0 Å². The van der Waals surface area contributed by atoms with Crippen molar-refractivity contribution in [2.24, 2.45) is 11.6 Å². The van der Waals surface area contributed by atoms with Crippen molar-refractivity contribution in [3.8, 4) is 0 Å². The summed E-state index contributed by atoms with van der Waals surface area (Å²) in [7, 11) is 0. The van der Waals surface area contributed by atoms with E-state index in [4.69, 9.17) is 11.6 Å². The molecule has 12 heavy (non-hydrogen) atoms. The first-order valence-corrected chi connectivity index (χ1v) is 3.96. The van der Waals surface area contributed by atoms with Crippen molar-refractivity contribution < 1.29 is 4.79 Å². The highest BCUT2D eigenvalue weighted by atomic mass is 32.1. The number of thiol groups is 1. The summed E-state index contributed by atoms with van der Waals surface area (Å²) in [5.41, 5.74) is 4.99. The van der Waals surface area contributed by atoms with Crippen molar-refractivity contribution in [2.75, 3.05) is 0 Å². The third-order valence-corrected chi connectivity index (χ3v) is 2.00. The minimum Gasteiger partial charge on any atom is -0.350 e. The molecule has 0 aliphatic heterocycles. The van der Waals surface area contributed by atoms with Gasteiger partial charge in [-0.2, -0.15) is 0 Å². The molecular formula is C7H11N3OS. The van der Waals surface area contributed by atoms with Crippen LogP contribution in [0, 0.1) is 0 Å². The van der Waals surface area contributed by atoms with Crippen LogP contribution in [0.1, 0.15) is 6.42 Å². The van der Waals surface area contributed by atoms with Crippen molar-refractivity contribution in [1.82, 2.24) is 5.01 Å². The highest BCUT2D eigenvalue weighted by molar-refractivity contribution is 7.84. The van der Waals surface area contributed by atoms with Gasteiger partial charge in [0.15, 0.2) is 0 Å². The average Bonchev–Trinajstić information content (AvgIpc) is 2.04. The van der Waals surface area contributed by atoms with Crippen LogP contribution in [0.2, 0.25) is 0 Å². The second-order valence-corrected chi connectivity index (χ2v) is 3.05. The van der Waals surface area contributed by atoms with Crippen molar-refractivity contribution in [1.29, 1.82) is 0 Å². The number of nitrogens with two attached hydrogens (primary N) is 2. The molecule has 0 saturated carbocycles. The van der Waals surface area contributed by atoms with E-state index >= 15 is 0 Å². The average molecular weight is 185 g/mol. The summed E-state index contributed by atoms with van der Waals surface area (Å²) in [6.45, 7) is 0. The number of rotatable bonds is 1. The maximum Gasteiger partial charge on any atom is 0.329 e. The van der Waals surface area contributed by atoms with Gasteiger partial charge in [-0.1, -0.05) is 18.2 Å². The zero-order chi connectivity index (χ0) is 9.14. The molecule has 0 aromatic rings. The van der Waals surface area contributed by atoms with Crippen LogP contribution < -0.4 is 11.6 Å². The minimum absolute atomic E-state index is 0.140. The molecule has 4 N–H and O–H groups in total. The van der Waals surface area contributed by atoms with Crippen LogP contribution >= 0.6 is 12.6 Å². The van der Waals surface area contributed by atoms with Crippen molar-refractivity contribution in [3.63, 3.8) is 0 Å². The van der Waals surface area contributed by atoms with E-state index in [9.17, 15) is 4.79 Å². The van der Waals surface area contributed by atoms with Gasteiger partial charge in [-0.05, 0) is 11.3 Å². The lowest BCUT2D eigenvalue weighted by Gasteiger charge is -2.23. The fraction of sp³-hybridized carbons (Fsp3) is 0.286. The Bertz CT molecular complexity index is 249. The smallest absolute Gasteiger partial charge is 0.329 e. The number of hydrazine groups is 1. The van der Waals surface area contributed by atoms with E-state index in [0.29, 0.717) is 6.42 Å². The topological polar surface area (TPSA) is 72.4 Å². The summed E-state index contributed by atoms with van der Waals surface area (Å²) in [6.07, 6.45) is 6.14. The molecule has 4 nitrogen and oxygen atoms in total. The Hall–Kier alpha value is -0.940. The van der Waals surface area contributed by atoms with Gasteiger partial charge < -0.3 is 5.73 Å². The third-order valence-electron chi connectivity index (χ3n) is 1.67. The number of allylic oxidation sites excluding steroid dienone is 1. The number of nitrogens with zero attached hydrogens (tertiary/aromatic N) is 1. The Morgan fingerprint density at radius 1 is 1.75 bits per heavy atom. The Balaban J connectivity index is 2.59. The largest absolute Gasteiger partial charge is 0.350 e. The van der Waals surface area contributed by atoms with E-state index in [2.05, 4.69) is 12.6 Å². The van der Waals surface area contributed by atoms with Crippen molar-refractivity contribution >= 4 is 18.7 Å². The highest BCUT2D eigenvalue weighted by Gasteiger charge is 2.16. The number of carbonyl (C=O) groups is 1. The molecular weight excluding hydrogens is 174 g/mol. The van der Waals surface area contributed by atoms with Crippen LogP contribution in [0.15, 0.2) is 23.1 Å². The number of amides is 2. The molecule has 66 valence electrons. The number of urea groups is 1. The molecule has 0 fully saturated rings. The molecule has 0 aromatic carbocycles. The normalized spacial score (nSPS) is 21.8. The van der Waals surface area contributed by atoms with Crippen molar-refractivity contribution in [2.45, 2.75) is 12.5 Å². The number of hydrogen-bond acceptors (Lipinski definition) is 3. The van der Waals surface area contributed by atoms with Gasteiger partial charge in [0.05, 0.1) is 6.04 Å². The molecule has 0 heterocycles. The molecule has 0 saturated heterocycles. The molecule has 0 bridgehead atoms. The summed E-state index contributed by atoms with van der Waals surface area (Å²) < 4.78 is 0. The monoisotopic (exact) mass is 185 g/mol. The summed E-state index contributed by atoms with van der Waals surface area (Å²) >= 11 is 4.12. The SMILES string of the molecule is NC(=O)N(N)[C@@H]1C=CC(S)=CC1. The van der Waals surface area contributed by atoms with Gasteiger partial charge in [-0.15, -0.1) is 12.6 Å². The summed E-state index contributed by atoms with van der Waals surface area (Å²) in [4.78, 5) is 11.5. The molecule has 1 aliphatic rings. The van der Waals surface area contributed by atoms with E-state index in [1.54, 1.807) is 12.2 Å². The van der Waals surface area contributed by atoms with Gasteiger partial charge in [-0.3, -0.25) is 5.01 Å². The Kier molecular flexibility index (Phi) is 2.78. The molecule has 0 radical (unpaired) electrons. The van der Waals surface area contributed by atoms with Crippen LogP contribution in [0.4, 0.5) is 4.79 Å². The van der Waals surface area contributed by atoms with E-state index in [1.807, 2.05) is 6.08 Å². The molecule has 0 aromatic heterocycles. The minimum atomic E-state index is -0.624. The number of hydrogen-bond donors (Lipinski definition) is 3. The lowest BCUT2D eigenvalue weighted by molar-refractivity contribution is 0.196. The number of primary amides is 1. The molecule has 1 aliphatic carbocycles. The quantitative estimate of drug-likeness (QED) is 0.239. The summed E-state index contributed by atoms with van der Waals surface area (Å²) in [6, 6.07) is -0.765. The zero-order valence-corrected chi connectivity index (χ0v) is 7.37. The van der Waals surface area contributed by atoms with Crippen LogP contribution in [0.5, 0.6) is 0 Å². The maximum atomic E-state index is 10.6. The van der Waals surface area contributed by atoms with Crippen LogP contribution in [0.25, 0.3) is 0 Å². The molecule has 1 rings (SSSR count). The van der Waals surface area contributed by atoms with Crippen LogP contribution in [-0.4, -0.2) is 17.1 Å². The van der Waals surface area contributed by atoms with Crippen LogP contribution in [-0.2, 0) is 0 Å². The van der Waals surface area contributed by atoms with Gasteiger partial charge in [0.2, 0.25) is 0 Å². The summed E-state index contributed by atoms with van der Waals surface area (Å²) in [5, 5.41) is 1.01. The van der Waals surface area contributed by atoms with Crippen LogP contribution in [0.3, 0.4) is 0 Å².